The van der Waals surface area contributed by atoms with Gasteiger partial charge in [-0.2, -0.15) is 0 Å². The molecule has 0 atom stereocenters. The van der Waals surface area contributed by atoms with Gasteiger partial charge in [0.1, 0.15) is 0 Å². The first kappa shape index (κ1) is 39.1. The maximum Gasteiger partial charge on any atom is 0.0755 e. The van der Waals surface area contributed by atoms with Crippen LogP contribution in [-0.2, 0) is 10.8 Å². The van der Waals surface area contributed by atoms with Gasteiger partial charge in [-0.25, -0.2) is 0 Å². The second-order valence-electron chi connectivity index (χ2n) is 19.1. The largest absolute Gasteiger partial charge is 0.310 e. The van der Waals surface area contributed by atoms with E-state index in [0.717, 1.165) is 22.7 Å². The smallest absolute Gasteiger partial charge is 0.0755 e. The lowest BCUT2D eigenvalue weighted by Crippen LogP contribution is -2.36. The summed E-state index contributed by atoms with van der Waals surface area (Å²) in [5.41, 5.74) is 26.4. The lowest BCUT2D eigenvalue weighted by molar-refractivity contribution is 0.752. The molecule has 0 fully saturated rings. The highest BCUT2D eigenvalue weighted by atomic mass is 15.2. The SMILES string of the molecule is c1ccc(-c2ccc(N(c3ccc4c(c3)C3(c5ccccc5-c5ccccc53)c3ccccc3-4)c3ccc4c(c3)C3(c5ccccc5-4)c4ccccc4N(c4ccccc4)c4ccccc43)cc2)cc1. The molecule has 0 saturated carbocycles. The Bertz CT molecular complexity index is 3790. The number of benzene rings is 11. The summed E-state index contributed by atoms with van der Waals surface area (Å²) < 4.78 is 0. The molecule has 326 valence electrons. The van der Waals surface area contributed by atoms with Gasteiger partial charge in [-0.3, -0.25) is 0 Å². The Balaban J connectivity index is 0.994. The number of para-hydroxylation sites is 3. The monoisotopic (exact) mass is 888 g/mol. The van der Waals surface area contributed by atoms with Crippen LogP contribution in [0.5, 0.6) is 0 Å². The van der Waals surface area contributed by atoms with Crippen molar-refractivity contribution in [2.45, 2.75) is 10.8 Å². The second-order valence-corrected chi connectivity index (χ2v) is 19.1. The van der Waals surface area contributed by atoms with Crippen molar-refractivity contribution < 1.29 is 0 Å². The first-order chi connectivity index (χ1) is 34.7. The van der Waals surface area contributed by atoms with Gasteiger partial charge in [0.05, 0.1) is 22.2 Å². The van der Waals surface area contributed by atoms with Gasteiger partial charge in [-0.1, -0.05) is 206 Å². The van der Waals surface area contributed by atoms with Gasteiger partial charge in [0, 0.05) is 22.7 Å². The van der Waals surface area contributed by atoms with Crippen LogP contribution in [0.25, 0.3) is 44.5 Å². The van der Waals surface area contributed by atoms with Crippen LogP contribution >= 0.6 is 0 Å². The number of hydrogen-bond donors (Lipinski definition) is 0. The van der Waals surface area contributed by atoms with Gasteiger partial charge in [0.25, 0.3) is 0 Å². The van der Waals surface area contributed by atoms with Crippen LogP contribution in [0, 0.1) is 0 Å². The molecule has 1 aliphatic heterocycles. The first-order valence-corrected chi connectivity index (χ1v) is 24.4. The second kappa shape index (κ2) is 14.8. The van der Waals surface area contributed by atoms with Crippen molar-refractivity contribution in [3.63, 3.8) is 0 Å². The minimum atomic E-state index is -0.593. The summed E-state index contributed by atoms with van der Waals surface area (Å²) in [6, 6.07) is 99.8. The van der Waals surface area contributed by atoms with Gasteiger partial charge < -0.3 is 9.80 Å². The van der Waals surface area contributed by atoms with E-state index in [1.54, 1.807) is 0 Å². The molecule has 1 heterocycles. The van der Waals surface area contributed by atoms with Crippen molar-refractivity contribution in [2.75, 3.05) is 9.80 Å². The Morgan fingerprint density at radius 2 is 0.571 bits per heavy atom. The van der Waals surface area contributed by atoms with Crippen LogP contribution in [0.1, 0.15) is 44.5 Å². The van der Waals surface area contributed by atoms with E-state index in [4.69, 9.17) is 0 Å². The summed E-state index contributed by atoms with van der Waals surface area (Å²) in [5, 5.41) is 0. The zero-order valence-electron chi connectivity index (χ0n) is 38.3. The van der Waals surface area contributed by atoms with Gasteiger partial charge in [-0.05, 0) is 150 Å². The lowest BCUT2D eigenvalue weighted by atomic mass is 9.64. The Morgan fingerprint density at radius 3 is 1.03 bits per heavy atom. The highest BCUT2D eigenvalue weighted by molar-refractivity contribution is 5.99. The van der Waals surface area contributed by atoms with Crippen LogP contribution in [0.2, 0.25) is 0 Å². The van der Waals surface area contributed by atoms with Gasteiger partial charge in [0.2, 0.25) is 0 Å². The van der Waals surface area contributed by atoms with E-state index in [2.05, 4.69) is 277 Å². The number of anilines is 6. The zero-order chi connectivity index (χ0) is 46.0. The molecule has 0 N–H and O–H groups in total. The molecule has 2 heteroatoms. The minimum absolute atomic E-state index is 0.470. The lowest BCUT2D eigenvalue weighted by Gasteiger charge is -2.45. The fourth-order valence-electron chi connectivity index (χ4n) is 13.2. The summed E-state index contributed by atoms with van der Waals surface area (Å²) >= 11 is 0. The van der Waals surface area contributed by atoms with E-state index in [1.807, 2.05) is 0 Å². The summed E-state index contributed by atoms with van der Waals surface area (Å²) in [6.07, 6.45) is 0. The van der Waals surface area contributed by atoms with Gasteiger partial charge >= 0.3 is 0 Å². The van der Waals surface area contributed by atoms with Crippen molar-refractivity contribution >= 4 is 34.1 Å². The number of fused-ring (bicyclic) bond motifs is 19. The third-order valence-corrected chi connectivity index (χ3v) is 15.9. The molecule has 15 rings (SSSR count). The number of nitrogens with zero attached hydrogens (tertiary/aromatic N) is 2. The Kier molecular flexibility index (Phi) is 8.24. The maximum atomic E-state index is 2.52. The molecule has 3 aliphatic carbocycles. The molecule has 2 nitrogen and oxygen atoms in total. The van der Waals surface area contributed by atoms with Crippen molar-refractivity contribution in [1.82, 2.24) is 0 Å². The molecule has 0 aromatic heterocycles. The predicted octanol–water partition coefficient (Wildman–Crippen LogP) is 17.3. The Hall–Kier alpha value is -8.98. The molecule has 0 saturated heterocycles. The summed E-state index contributed by atoms with van der Waals surface area (Å²) in [4.78, 5) is 4.96. The average Bonchev–Trinajstić information content (AvgIpc) is 4.02. The van der Waals surface area contributed by atoms with E-state index in [0.29, 0.717) is 0 Å². The highest BCUT2D eigenvalue weighted by Crippen LogP contribution is 2.66. The van der Waals surface area contributed by atoms with Crippen LogP contribution < -0.4 is 9.80 Å². The van der Waals surface area contributed by atoms with Crippen molar-refractivity contribution in [2.24, 2.45) is 0 Å². The summed E-state index contributed by atoms with van der Waals surface area (Å²) in [5.74, 6) is 0. The van der Waals surface area contributed by atoms with E-state index in [-0.39, 0.29) is 0 Å². The molecular weight excluding hydrogens is 845 g/mol. The highest BCUT2D eigenvalue weighted by Gasteiger charge is 2.53. The standard InChI is InChI=1S/C68H44N2/c1-3-19-45(20-4-1)46-35-37-48(38-36-46)69(49-39-41-55-53-25-9-13-29-59(53)67(63(55)43-49)57-27-11-7-23-51(57)52-24-8-12-28-58(52)67)50-40-42-56-54-26-10-14-30-60(54)68(64(56)44-50)61-31-15-17-33-65(61)70(47-21-5-2-6-22-47)66-34-18-16-32-62(66)68/h1-44H. The van der Waals surface area contributed by atoms with Gasteiger partial charge in [-0.15, -0.1) is 0 Å². The molecule has 11 aromatic carbocycles. The molecular formula is C68H44N2. The molecule has 2 spiro atoms. The Labute approximate surface area is 408 Å². The van der Waals surface area contributed by atoms with E-state index < -0.39 is 10.8 Å². The predicted molar refractivity (Wildman–Crippen MR) is 288 cm³/mol. The maximum absolute atomic E-state index is 2.52. The normalized spacial score (nSPS) is 14.2. The van der Waals surface area contributed by atoms with E-state index in [1.165, 1.54) is 100 Å². The molecule has 0 unspecified atom stereocenters. The van der Waals surface area contributed by atoms with Crippen LogP contribution in [-0.4, -0.2) is 0 Å². The molecule has 4 aliphatic rings. The van der Waals surface area contributed by atoms with Crippen molar-refractivity contribution in [3.8, 4) is 44.5 Å². The number of rotatable bonds is 5. The molecule has 0 radical (unpaired) electrons. The van der Waals surface area contributed by atoms with Crippen LogP contribution in [0.15, 0.2) is 267 Å². The fourth-order valence-corrected chi connectivity index (χ4v) is 13.2. The molecule has 0 bridgehead atoms. The topological polar surface area (TPSA) is 6.48 Å². The van der Waals surface area contributed by atoms with E-state index >= 15 is 0 Å². The van der Waals surface area contributed by atoms with Gasteiger partial charge in [0.15, 0.2) is 0 Å². The molecule has 70 heavy (non-hydrogen) atoms. The Morgan fingerprint density at radius 1 is 0.243 bits per heavy atom. The number of hydrogen-bond acceptors (Lipinski definition) is 2. The first-order valence-electron chi connectivity index (χ1n) is 24.4. The molecule has 11 aromatic rings. The average molecular weight is 889 g/mol. The summed E-state index contributed by atoms with van der Waals surface area (Å²) in [6.45, 7) is 0. The van der Waals surface area contributed by atoms with E-state index in [9.17, 15) is 0 Å². The molecule has 0 amide bonds. The zero-order valence-corrected chi connectivity index (χ0v) is 38.3. The summed E-state index contributed by atoms with van der Waals surface area (Å²) in [7, 11) is 0. The van der Waals surface area contributed by atoms with Crippen molar-refractivity contribution in [3.05, 3.63) is 311 Å². The third-order valence-electron chi connectivity index (χ3n) is 15.9. The minimum Gasteiger partial charge on any atom is -0.310 e. The fraction of sp³-hybridized carbons (Fsp3) is 0.0294. The van der Waals surface area contributed by atoms with Crippen molar-refractivity contribution in [1.29, 1.82) is 0 Å². The van der Waals surface area contributed by atoms with Crippen LogP contribution in [0.4, 0.5) is 34.1 Å². The third kappa shape index (κ3) is 5.12. The quantitative estimate of drug-likeness (QED) is 0.170. The van der Waals surface area contributed by atoms with Crippen LogP contribution in [0.3, 0.4) is 0 Å².